The highest BCUT2D eigenvalue weighted by atomic mass is 16.5. The maximum Gasteiger partial charge on any atom is 0.304 e. The number of phenols is 1. The van der Waals surface area contributed by atoms with E-state index in [0.29, 0.717) is 11.4 Å². The van der Waals surface area contributed by atoms with Gasteiger partial charge in [-0.05, 0) is 48.9 Å². The summed E-state index contributed by atoms with van der Waals surface area (Å²) in [6.07, 6.45) is 0.972. The predicted octanol–water partition coefficient (Wildman–Crippen LogP) is 3.90. The first-order valence-corrected chi connectivity index (χ1v) is 9.46. The zero-order valence-electron chi connectivity index (χ0n) is 15.7. The van der Waals surface area contributed by atoms with Crippen LogP contribution in [0.3, 0.4) is 0 Å². The molecule has 0 fully saturated rings. The van der Waals surface area contributed by atoms with Crippen molar-refractivity contribution >= 4 is 16.9 Å². The number of carboxylic acids is 1. The minimum Gasteiger partial charge on any atom is -0.507 e. The van der Waals surface area contributed by atoms with Crippen molar-refractivity contribution in [1.82, 2.24) is 14.7 Å². The first kappa shape index (κ1) is 17.9. The van der Waals surface area contributed by atoms with Gasteiger partial charge >= 0.3 is 5.97 Å². The third kappa shape index (κ3) is 2.88. The molecule has 2 N–H and O–H groups in total. The van der Waals surface area contributed by atoms with Crippen LogP contribution < -0.4 is 0 Å². The van der Waals surface area contributed by atoms with Gasteiger partial charge in [-0.15, -0.1) is 0 Å². The Hall–Kier alpha value is -4.12. The summed E-state index contributed by atoms with van der Waals surface area (Å²) >= 11 is 0. The van der Waals surface area contributed by atoms with Crippen LogP contribution in [0.2, 0.25) is 0 Å². The number of nitriles is 1. The van der Waals surface area contributed by atoms with E-state index in [2.05, 4.69) is 14.7 Å². The molecule has 3 heterocycles. The van der Waals surface area contributed by atoms with Gasteiger partial charge in [0.05, 0.1) is 12.0 Å². The van der Waals surface area contributed by atoms with Gasteiger partial charge in [-0.2, -0.15) is 10.2 Å². The van der Waals surface area contributed by atoms with Crippen LogP contribution in [-0.4, -0.2) is 30.9 Å². The van der Waals surface area contributed by atoms with E-state index in [-0.39, 0.29) is 29.5 Å². The Kier molecular flexibility index (Phi) is 4.03. The lowest BCUT2D eigenvalue weighted by Gasteiger charge is -2.04. The van der Waals surface area contributed by atoms with Crippen molar-refractivity contribution in [2.45, 2.75) is 25.3 Å². The summed E-state index contributed by atoms with van der Waals surface area (Å²) in [5.74, 6) is -0.199. The maximum absolute atomic E-state index is 11.1. The zero-order valence-corrected chi connectivity index (χ0v) is 15.7. The van der Waals surface area contributed by atoms with E-state index in [1.54, 1.807) is 6.07 Å². The fourth-order valence-corrected chi connectivity index (χ4v) is 4.09. The van der Waals surface area contributed by atoms with Gasteiger partial charge in [0, 0.05) is 40.2 Å². The van der Waals surface area contributed by atoms with Gasteiger partial charge in [0.15, 0.2) is 0 Å². The Morgan fingerprint density at radius 2 is 2.07 bits per heavy atom. The van der Waals surface area contributed by atoms with Crippen LogP contribution in [0.15, 0.2) is 47.0 Å². The molecule has 1 aliphatic rings. The molecule has 2 aromatic heterocycles. The first-order valence-electron chi connectivity index (χ1n) is 9.46. The first-order chi connectivity index (χ1) is 14.5. The van der Waals surface area contributed by atoms with E-state index < -0.39 is 5.97 Å². The van der Waals surface area contributed by atoms with Crippen molar-refractivity contribution in [2.24, 2.45) is 0 Å². The van der Waals surface area contributed by atoms with Crippen LogP contribution in [0, 0.1) is 11.3 Å². The molecule has 8 heteroatoms. The Labute approximate surface area is 170 Å². The number of hydrogen-bond acceptors (Lipinski definition) is 6. The molecule has 0 radical (unpaired) electrons. The van der Waals surface area contributed by atoms with Crippen molar-refractivity contribution in [2.75, 3.05) is 0 Å². The fourth-order valence-electron chi connectivity index (χ4n) is 4.09. The van der Waals surface area contributed by atoms with Gasteiger partial charge in [0.25, 0.3) is 5.89 Å². The minimum absolute atomic E-state index is 0.0268. The second-order valence-electron chi connectivity index (χ2n) is 7.34. The molecule has 8 nitrogen and oxygen atoms in total. The summed E-state index contributed by atoms with van der Waals surface area (Å²) in [4.78, 5) is 15.6. The average Bonchev–Trinajstić information content (AvgIpc) is 3.44. The molecule has 0 bridgehead atoms. The lowest BCUT2D eigenvalue weighted by molar-refractivity contribution is -0.137. The summed E-state index contributed by atoms with van der Waals surface area (Å²) in [7, 11) is 0. The fraction of sp³-hybridized carbons (Fsp3) is 0.182. The quantitative estimate of drug-likeness (QED) is 0.532. The Morgan fingerprint density at radius 3 is 2.87 bits per heavy atom. The molecule has 0 saturated carbocycles. The van der Waals surface area contributed by atoms with Crippen molar-refractivity contribution in [3.05, 3.63) is 53.7 Å². The largest absolute Gasteiger partial charge is 0.507 e. The molecule has 1 unspecified atom stereocenters. The molecule has 0 aliphatic carbocycles. The topological polar surface area (TPSA) is 125 Å². The molecule has 2 aromatic carbocycles. The Bertz CT molecular complexity index is 1350. The molecule has 148 valence electrons. The van der Waals surface area contributed by atoms with Crippen molar-refractivity contribution in [3.63, 3.8) is 0 Å². The SMILES string of the molecule is N#Cc1cc(-c2nc(-c3ccc4c(c3)cc3n4CCC3CC(=O)O)no2)ccc1O. The van der Waals surface area contributed by atoms with E-state index >= 15 is 0 Å². The van der Waals surface area contributed by atoms with Crippen molar-refractivity contribution in [1.29, 1.82) is 5.26 Å². The van der Waals surface area contributed by atoms with E-state index in [1.807, 2.05) is 30.3 Å². The van der Waals surface area contributed by atoms with Crippen LogP contribution in [0.1, 0.15) is 30.0 Å². The van der Waals surface area contributed by atoms with Crippen LogP contribution in [0.25, 0.3) is 33.7 Å². The number of phenolic OH excluding ortho intramolecular Hbond substituents is 1. The van der Waals surface area contributed by atoms with Gasteiger partial charge in [0.2, 0.25) is 5.82 Å². The number of aromatic hydroxyl groups is 1. The minimum atomic E-state index is -0.785. The number of fused-ring (bicyclic) bond motifs is 3. The standard InChI is InChI=1S/C22H16N4O4/c23-11-16-8-14(2-4-19(16)27)22-24-21(25-30-22)13-1-3-17-15(7-13)9-18-12(10-20(28)29)5-6-26(17)18/h1-4,7-9,12,27H,5-6,10H2,(H,28,29). The van der Waals surface area contributed by atoms with E-state index in [4.69, 9.17) is 14.9 Å². The molecule has 4 aromatic rings. The van der Waals surface area contributed by atoms with E-state index in [9.17, 15) is 9.90 Å². The molecule has 5 rings (SSSR count). The maximum atomic E-state index is 11.1. The van der Waals surface area contributed by atoms with E-state index in [0.717, 1.165) is 35.1 Å². The number of carbonyl (C=O) groups is 1. The predicted molar refractivity (Wildman–Crippen MR) is 107 cm³/mol. The van der Waals surface area contributed by atoms with Gasteiger partial charge < -0.3 is 19.3 Å². The van der Waals surface area contributed by atoms with Crippen LogP contribution in [0.5, 0.6) is 5.75 Å². The van der Waals surface area contributed by atoms with Gasteiger partial charge in [-0.3, -0.25) is 4.79 Å². The second kappa shape index (κ2) is 6.74. The van der Waals surface area contributed by atoms with Crippen LogP contribution >= 0.6 is 0 Å². The number of nitrogens with zero attached hydrogens (tertiary/aromatic N) is 4. The second-order valence-corrected chi connectivity index (χ2v) is 7.34. The number of aryl methyl sites for hydroxylation is 1. The number of rotatable bonds is 4. The number of aliphatic carboxylic acids is 1. The Balaban J connectivity index is 1.49. The number of aromatic nitrogens is 3. The lowest BCUT2D eigenvalue weighted by Crippen LogP contribution is -2.02. The average molecular weight is 400 g/mol. The Morgan fingerprint density at radius 1 is 1.23 bits per heavy atom. The summed E-state index contributed by atoms with van der Waals surface area (Å²) in [6.45, 7) is 0.810. The molecule has 0 amide bonds. The molecule has 30 heavy (non-hydrogen) atoms. The summed E-state index contributed by atoms with van der Waals surface area (Å²) in [5, 5.41) is 32.9. The molecule has 0 spiro atoms. The van der Waals surface area contributed by atoms with Gasteiger partial charge in [-0.25, -0.2) is 0 Å². The van der Waals surface area contributed by atoms with Crippen molar-refractivity contribution < 1.29 is 19.5 Å². The number of hydrogen-bond donors (Lipinski definition) is 2. The summed E-state index contributed by atoms with van der Waals surface area (Å²) in [6, 6.07) is 14.3. The highest BCUT2D eigenvalue weighted by molar-refractivity contribution is 5.86. The third-order valence-corrected chi connectivity index (χ3v) is 5.52. The van der Waals surface area contributed by atoms with Gasteiger partial charge in [0.1, 0.15) is 11.8 Å². The summed E-state index contributed by atoms with van der Waals surface area (Å²) in [5.41, 5.74) is 3.56. The molecular weight excluding hydrogens is 384 g/mol. The molecule has 1 aliphatic heterocycles. The number of benzene rings is 2. The van der Waals surface area contributed by atoms with Crippen LogP contribution in [0.4, 0.5) is 0 Å². The zero-order chi connectivity index (χ0) is 20.8. The van der Waals surface area contributed by atoms with Gasteiger partial charge in [-0.1, -0.05) is 5.16 Å². The third-order valence-electron chi connectivity index (χ3n) is 5.52. The van der Waals surface area contributed by atoms with Crippen molar-refractivity contribution in [3.8, 4) is 34.7 Å². The molecule has 0 saturated heterocycles. The van der Waals surface area contributed by atoms with E-state index in [1.165, 1.54) is 12.1 Å². The smallest absolute Gasteiger partial charge is 0.304 e. The molecular formula is C22H16N4O4. The molecule has 1 atom stereocenters. The highest BCUT2D eigenvalue weighted by Gasteiger charge is 2.27. The monoisotopic (exact) mass is 400 g/mol. The summed E-state index contributed by atoms with van der Waals surface area (Å²) < 4.78 is 7.53. The normalized spacial score (nSPS) is 15.2. The lowest BCUT2D eigenvalue weighted by atomic mass is 10.0. The highest BCUT2D eigenvalue weighted by Crippen LogP contribution is 2.37. The number of carboxylic acid groups (broad SMARTS) is 1. The van der Waals surface area contributed by atoms with Crippen LogP contribution in [-0.2, 0) is 11.3 Å².